The van der Waals surface area contributed by atoms with Crippen LogP contribution in [0.5, 0.6) is 11.5 Å². The molecule has 186 valence electrons. The Morgan fingerprint density at radius 1 is 1.06 bits per heavy atom. The number of aromatic nitrogens is 5. The summed E-state index contributed by atoms with van der Waals surface area (Å²) >= 11 is 1.20. The van der Waals surface area contributed by atoms with Gasteiger partial charge in [-0.1, -0.05) is 17.8 Å². The van der Waals surface area contributed by atoms with Crippen molar-refractivity contribution in [1.82, 2.24) is 24.7 Å². The Kier molecular flexibility index (Phi) is 7.85. The molecule has 0 aliphatic heterocycles. The second-order valence-corrected chi connectivity index (χ2v) is 8.46. The average Bonchev–Trinajstić information content (AvgIpc) is 3.25. The predicted molar refractivity (Wildman–Crippen MR) is 135 cm³/mol. The van der Waals surface area contributed by atoms with Crippen molar-refractivity contribution < 1.29 is 14.3 Å². The Hall–Kier alpha value is -4.32. The largest absolute Gasteiger partial charge is 0.497 e. The minimum atomic E-state index is -0.606. The number of nitrogens with one attached hydrogen (secondary N) is 3. The van der Waals surface area contributed by atoms with Crippen LogP contribution in [-0.4, -0.2) is 50.1 Å². The van der Waals surface area contributed by atoms with E-state index in [1.165, 1.54) is 17.8 Å². The summed E-state index contributed by atoms with van der Waals surface area (Å²) in [6.07, 6.45) is 0.141. The number of hydrogen-bond donors (Lipinski definition) is 3. The molecular formula is C24H24N6O5S. The van der Waals surface area contributed by atoms with Crippen molar-refractivity contribution >= 4 is 23.4 Å². The topological polar surface area (TPSA) is 144 Å². The minimum Gasteiger partial charge on any atom is -0.497 e. The number of benzene rings is 2. The van der Waals surface area contributed by atoms with Gasteiger partial charge >= 0.3 is 5.69 Å². The summed E-state index contributed by atoms with van der Waals surface area (Å²) in [7, 11) is 1.56. The third-order valence-corrected chi connectivity index (χ3v) is 5.89. The standard InChI is InChI=1S/C24H24N6O5S/c1-3-35-18-9-7-15(8-10-18)25-22(32)14-36-24-29-28-20(11-16-12-21(31)27-23(33)26-16)30(24)17-5-4-6-19(13-17)34-2/h4-10,12-13H,3,11,14H2,1-2H3,(H,25,32)(H2,26,27,31,33). The van der Waals surface area contributed by atoms with Crippen LogP contribution in [-0.2, 0) is 11.2 Å². The van der Waals surface area contributed by atoms with Gasteiger partial charge in [0.25, 0.3) is 5.56 Å². The molecule has 0 saturated carbocycles. The smallest absolute Gasteiger partial charge is 0.325 e. The van der Waals surface area contributed by atoms with Gasteiger partial charge < -0.3 is 19.8 Å². The van der Waals surface area contributed by atoms with E-state index in [0.717, 1.165) is 5.75 Å². The van der Waals surface area contributed by atoms with E-state index in [0.29, 0.717) is 40.4 Å². The zero-order valence-corrected chi connectivity index (χ0v) is 20.4. The Morgan fingerprint density at radius 2 is 1.86 bits per heavy atom. The van der Waals surface area contributed by atoms with E-state index in [1.807, 2.05) is 19.1 Å². The van der Waals surface area contributed by atoms with E-state index in [2.05, 4.69) is 25.5 Å². The number of anilines is 1. The van der Waals surface area contributed by atoms with Crippen LogP contribution in [0.3, 0.4) is 0 Å². The maximum Gasteiger partial charge on any atom is 0.325 e. The molecule has 0 aliphatic rings. The number of methoxy groups -OCH3 is 1. The van der Waals surface area contributed by atoms with Gasteiger partial charge in [-0.3, -0.25) is 19.1 Å². The molecule has 2 aromatic carbocycles. The number of rotatable bonds is 10. The lowest BCUT2D eigenvalue weighted by molar-refractivity contribution is -0.113. The lowest BCUT2D eigenvalue weighted by Crippen LogP contribution is -2.23. The van der Waals surface area contributed by atoms with Crippen LogP contribution in [0.1, 0.15) is 18.4 Å². The second-order valence-electron chi connectivity index (χ2n) is 7.52. The number of thioether (sulfide) groups is 1. The highest BCUT2D eigenvalue weighted by Gasteiger charge is 2.17. The van der Waals surface area contributed by atoms with Gasteiger partial charge in [0.2, 0.25) is 5.91 Å². The fraction of sp³-hybridized carbons (Fsp3) is 0.208. The maximum absolute atomic E-state index is 12.6. The van der Waals surface area contributed by atoms with Crippen LogP contribution in [0.15, 0.2) is 69.3 Å². The monoisotopic (exact) mass is 508 g/mol. The minimum absolute atomic E-state index is 0.0805. The third-order valence-electron chi connectivity index (χ3n) is 4.96. The molecule has 4 aromatic rings. The van der Waals surface area contributed by atoms with Crippen molar-refractivity contribution in [3.05, 3.63) is 87.0 Å². The normalized spacial score (nSPS) is 10.7. The van der Waals surface area contributed by atoms with Crippen molar-refractivity contribution in [3.63, 3.8) is 0 Å². The molecule has 0 bridgehead atoms. The number of H-pyrrole nitrogens is 2. The molecule has 4 rings (SSSR count). The third kappa shape index (κ3) is 6.21. The molecule has 1 amide bonds. The molecule has 0 atom stereocenters. The summed E-state index contributed by atoms with van der Waals surface area (Å²) < 4.78 is 12.5. The summed E-state index contributed by atoms with van der Waals surface area (Å²) in [5.74, 6) is 1.69. The number of nitrogens with zero attached hydrogens (tertiary/aromatic N) is 3. The lowest BCUT2D eigenvalue weighted by atomic mass is 10.2. The van der Waals surface area contributed by atoms with Crippen molar-refractivity contribution in [2.24, 2.45) is 0 Å². The van der Waals surface area contributed by atoms with E-state index >= 15 is 0 Å². The highest BCUT2D eigenvalue weighted by molar-refractivity contribution is 7.99. The van der Waals surface area contributed by atoms with E-state index in [-0.39, 0.29) is 18.1 Å². The molecule has 0 radical (unpaired) electrons. The molecule has 11 nitrogen and oxygen atoms in total. The SMILES string of the molecule is CCOc1ccc(NC(=O)CSc2nnc(Cc3cc(=O)[nH]c(=O)[nH]3)n2-c2cccc(OC)c2)cc1. The van der Waals surface area contributed by atoms with Crippen LogP contribution in [0.4, 0.5) is 5.69 Å². The van der Waals surface area contributed by atoms with Crippen LogP contribution in [0.2, 0.25) is 0 Å². The highest BCUT2D eigenvalue weighted by Crippen LogP contribution is 2.26. The number of carbonyl (C=O) groups is 1. The van der Waals surface area contributed by atoms with Crippen molar-refractivity contribution in [2.75, 3.05) is 24.8 Å². The summed E-state index contributed by atoms with van der Waals surface area (Å²) in [6.45, 7) is 2.47. The van der Waals surface area contributed by atoms with Crippen LogP contribution in [0.25, 0.3) is 5.69 Å². The first-order valence-electron chi connectivity index (χ1n) is 11.0. The van der Waals surface area contributed by atoms with Gasteiger partial charge in [-0.2, -0.15) is 0 Å². The van der Waals surface area contributed by atoms with Crippen LogP contribution >= 0.6 is 11.8 Å². The van der Waals surface area contributed by atoms with Gasteiger partial charge in [-0.05, 0) is 43.3 Å². The van der Waals surface area contributed by atoms with Crippen LogP contribution in [0, 0.1) is 0 Å². The van der Waals surface area contributed by atoms with Crippen molar-refractivity contribution in [2.45, 2.75) is 18.5 Å². The van der Waals surface area contributed by atoms with Gasteiger partial charge in [0.15, 0.2) is 5.16 Å². The quantitative estimate of drug-likeness (QED) is 0.277. The summed E-state index contributed by atoms with van der Waals surface area (Å²) in [5.41, 5.74) is 0.616. The molecule has 3 N–H and O–H groups in total. The highest BCUT2D eigenvalue weighted by atomic mass is 32.2. The van der Waals surface area contributed by atoms with Crippen molar-refractivity contribution in [3.8, 4) is 17.2 Å². The summed E-state index contributed by atoms with van der Waals surface area (Å²) in [5, 5.41) is 11.8. The van der Waals surface area contributed by atoms with E-state index in [9.17, 15) is 14.4 Å². The van der Waals surface area contributed by atoms with E-state index in [4.69, 9.17) is 9.47 Å². The molecule has 0 aliphatic carbocycles. The molecule has 36 heavy (non-hydrogen) atoms. The number of aromatic amines is 2. The molecule has 2 aromatic heterocycles. The second kappa shape index (κ2) is 11.4. The first-order valence-corrected chi connectivity index (χ1v) is 12.0. The fourth-order valence-electron chi connectivity index (χ4n) is 3.43. The zero-order chi connectivity index (χ0) is 25.5. The van der Waals surface area contributed by atoms with Gasteiger partial charge in [-0.25, -0.2) is 4.79 Å². The van der Waals surface area contributed by atoms with E-state index < -0.39 is 11.2 Å². The fourth-order valence-corrected chi connectivity index (χ4v) is 4.20. The number of hydrogen-bond acceptors (Lipinski definition) is 8. The molecule has 0 unspecified atom stereocenters. The first-order chi connectivity index (χ1) is 17.4. The number of carbonyl (C=O) groups excluding carboxylic acids is 1. The van der Waals surface area contributed by atoms with Crippen LogP contribution < -0.4 is 26.0 Å². The first kappa shape index (κ1) is 24.8. The molecule has 12 heteroatoms. The predicted octanol–water partition coefficient (Wildman–Crippen LogP) is 2.37. The molecule has 0 fully saturated rings. The van der Waals surface area contributed by atoms with E-state index in [1.54, 1.807) is 48.1 Å². The Morgan fingerprint density at radius 3 is 2.58 bits per heavy atom. The van der Waals surface area contributed by atoms with Gasteiger partial charge in [0.05, 0.1) is 25.2 Å². The molecule has 2 heterocycles. The molecule has 0 saturated heterocycles. The summed E-state index contributed by atoms with van der Waals surface area (Å²) in [6, 6.07) is 15.7. The number of amides is 1. The lowest BCUT2D eigenvalue weighted by Gasteiger charge is -2.12. The Bertz CT molecular complexity index is 1430. The van der Waals surface area contributed by atoms with Gasteiger partial charge in [0.1, 0.15) is 17.3 Å². The average molecular weight is 509 g/mol. The molecular weight excluding hydrogens is 484 g/mol. The van der Waals surface area contributed by atoms with Crippen molar-refractivity contribution in [1.29, 1.82) is 0 Å². The maximum atomic E-state index is 12.6. The summed E-state index contributed by atoms with van der Waals surface area (Å²) in [4.78, 5) is 40.8. The Labute approximate surface area is 209 Å². The van der Waals surface area contributed by atoms with Gasteiger partial charge in [-0.15, -0.1) is 10.2 Å². The molecule has 0 spiro atoms. The van der Waals surface area contributed by atoms with Gasteiger partial charge in [0, 0.05) is 29.9 Å². The Balaban J connectivity index is 1.56. The number of ether oxygens (including phenoxy) is 2. The zero-order valence-electron chi connectivity index (χ0n) is 19.6.